The van der Waals surface area contributed by atoms with Crippen molar-refractivity contribution in [1.29, 1.82) is 0 Å². The zero-order valence-corrected chi connectivity index (χ0v) is 10.1. The molecule has 1 N–H and O–H groups in total. The molecule has 0 unspecified atom stereocenters. The second kappa shape index (κ2) is 5.96. The summed E-state index contributed by atoms with van der Waals surface area (Å²) in [5, 5.41) is 1.87. The van der Waals surface area contributed by atoms with E-state index in [1.807, 2.05) is 19.2 Å². The molecule has 0 aliphatic carbocycles. The summed E-state index contributed by atoms with van der Waals surface area (Å²) in [7, 11) is 0. The van der Waals surface area contributed by atoms with Crippen LogP contribution in [0.4, 0.5) is 18.0 Å². The summed E-state index contributed by atoms with van der Waals surface area (Å²) in [6, 6.07) is -0.781. The summed E-state index contributed by atoms with van der Waals surface area (Å²) in [6.45, 7) is 6.53. The molecule has 2 amide bonds. The number of carbonyl (C=O) groups is 1. The van der Waals surface area contributed by atoms with E-state index in [9.17, 15) is 18.0 Å². The summed E-state index contributed by atoms with van der Waals surface area (Å²) in [5.74, 6) is 0.221. The van der Waals surface area contributed by atoms with E-state index in [0.29, 0.717) is 6.54 Å². The van der Waals surface area contributed by atoms with Crippen LogP contribution in [0.5, 0.6) is 0 Å². The number of carbonyl (C=O) groups excluding carboxylic acids is 1. The van der Waals surface area contributed by atoms with Crippen LogP contribution in [-0.4, -0.2) is 36.2 Å². The molecule has 0 saturated heterocycles. The summed E-state index contributed by atoms with van der Waals surface area (Å²) >= 11 is 0. The van der Waals surface area contributed by atoms with Gasteiger partial charge in [-0.1, -0.05) is 13.8 Å². The molecule has 16 heavy (non-hydrogen) atoms. The van der Waals surface area contributed by atoms with Gasteiger partial charge in [0.15, 0.2) is 0 Å². The number of halogens is 3. The lowest BCUT2D eigenvalue weighted by atomic mass is 10.2. The van der Waals surface area contributed by atoms with Gasteiger partial charge in [-0.15, -0.1) is 0 Å². The van der Waals surface area contributed by atoms with Gasteiger partial charge in [0.05, 0.1) is 0 Å². The van der Waals surface area contributed by atoms with Gasteiger partial charge in [-0.2, -0.15) is 13.2 Å². The highest BCUT2D eigenvalue weighted by Gasteiger charge is 2.29. The average Bonchev–Trinajstić information content (AvgIpc) is 2.08. The van der Waals surface area contributed by atoms with E-state index in [2.05, 4.69) is 0 Å². The summed E-state index contributed by atoms with van der Waals surface area (Å²) in [4.78, 5) is 12.9. The van der Waals surface area contributed by atoms with Gasteiger partial charge in [-0.3, -0.25) is 0 Å². The minimum atomic E-state index is -4.36. The quantitative estimate of drug-likeness (QED) is 0.805. The number of hydrogen-bond acceptors (Lipinski definition) is 1. The van der Waals surface area contributed by atoms with E-state index >= 15 is 0 Å². The predicted octanol–water partition coefficient (Wildman–Crippen LogP) is 2.62. The van der Waals surface area contributed by atoms with Crippen molar-refractivity contribution in [1.82, 2.24) is 10.2 Å². The molecule has 0 fully saturated rings. The second-order valence-corrected chi connectivity index (χ2v) is 4.41. The normalized spacial score (nSPS) is 12.1. The van der Waals surface area contributed by atoms with Crippen molar-refractivity contribution in [2.45, 2.75) is 39.9 Å². The maximum absolute atomic E-state index is 11.9. The van der Waals surface area contributed by atoms with Crippen molar-refractivity contribution >= 4 is 6.03 Å². The Balaban J connectivity index is 4.29. The highest BCUT2D eigenvalue weighted by Crippen LogP contribution is 2.13. The van der Waals surface area contributed by atoms with Crippen LogP contribution in [-0.2, 0) is 0 Å². The molecule has 0 heterocycles. The van der Waals surface area contributed by atoms with E-state index in [1.165, 1.54) is 4.90 Å². The van der Waals surface area contributed by atoms with Crippen LogP contribution in [0.25, 0.3) is 0 Å². The number of alkyl halides is 3. The number of hydrogen-bond donors (Lipinski definition) is 1. The van der Waals surface area contributed by atoms with Crippen LogP contribution in [0, 0.1) is 5.92 Å². The lowest BCUT2D eigenvalue weighted by Crippen LogP contribution is -2.48. The minimum Gasteiger partial charge on any atom is -0.329 e. The molecule has 0 saturated carbocycles. The van der Waals surface area contributed by atoms with Gasteiger partial charge in [0, 0.05) is 12.6 Å². The molecule has 0 rings (SSSR count). The molecule has 0 aliphatic rings. The number of urea groups is 1. The molecule has 3 nitrogen and oxygen atoms in total. The Morgan fingerprint density at radius 3 is 2.06 bits per heavy atom. The molecular formula is C10H19F3N2O. The molecule has 0 aromatic carbocycles. The van der Waals surface area contributed by atoms with Crippen LogP contribution in [0.2, 0.25) is 0 Å². The van der Waals surface area contributed by atoms with Crippen molar-refractivity contribution in [2.24, 2.45) is 5.92 Å². The van der Waals surface area contributed by atoms with Gasteiger partial charge >= 0.3 is 12.2 Å². The molecular weight excluding hydrogens is 221 g/mol. The smallest absolute Gasteiger partial charge is 0.329 e. The fraction of sp³-hybridized carbons (Fsp3) is 0.900. The Kier molecular flexibility index (Phi) is 5.61. The van der Waals surface area contributed by atoms with E-state index < -0.39 is 18.8 Å². The predicted molar refractivity (Wildman–Crippen MR) is 56.1 cm³/mol. The Hall–Kier alpha value is -0.940. The molecule has 0 aliphatic heterocycles. The Morgan fingerprint density at radius 2 is 1.75 bits per heavy atom. The second-order valence-electron chi connectivity index (χ2n) is 4.41. The molecule has 0 atom stereocenters. The molecule has 0 aromatic heterocycles. The van der Waals surface area contributed by atoms with Gasteiger partial charge in [0.25, 0.3) is 0 Å². The van der Waals surface area contributed by atoms with Crippen LogP contribution in [0.3, 0.4) is 0 Å². The molecule has 0 spiro atoms. The monoisotopic (exact) mass is 240 g/mol. The van der Waals surface area contributed by atoms with Gasteiger partial charge in [-0.25, -0.2) is 4.79 Å². The number of amides is 2. The first-order chi connectivity index (χ1) is 7.13. The lowest BCUT2D eigenvalue weighted by Gasteiger charge is -2.28. The molecule has 0 bridgehead atoms. The van der Waals surface area contributed by atoms with Crippen molar-refractivity contribution in [3.63, 3.8) is 0 Å². The van der Waals surface area contributed by atoms with Crippen molar-refractivity contribution in [3.05, 3.63) is 0 Å². The SMILES string of the molecule is CC(C)CN(C(=O)NCC(F)(F)F)C(C)C. The summed E-state index contributed by atoms with van der Waals surface area (Å²) < 4.78 is 35.7. The highest BCUT2D eigenvalue weighted by molar-refractivity contribution is 5.74. The van der Waals surface area contributed by atoms with Gasteiger partial charge in [0.1, 0.15) is 6.54 Å². The standard InChI is InChI=1S/C10H19F3N2O/c1-7(2)5-15(8(3)4)9(16)14-6-10(11,12)13/h7-8H,5-6H2,1-4H3,(H,14,16). The minimum absolute atomic E-state index is 0.115. The fourth-order valence-electron chi connectivity index (χ4n) is 1.20. The zero-order valence-electron chi connectivity index (χ0n) is 10.1. The highest BCUT2D eigenvalue weighted by atomic mass is 19.4. The van der Waals surface area contributed by atoms with E-state index in [0.717, 1.165) is 0 Å². The first-order valence-corrected chi connectivity index (χ1v) is 5.24. The third-order valence-electron chi connectivity index (χ3n) is 1.89. The molecule has 6 heteroatoms. The summed E-state index contributed by atoms with van der Waals surface area (Å²) in [5.41, 5.74) is 0. The van der Waals surface area contributed by atoms with Gasteiger partial charge in [-0.05, 0) is 19.8 Å². The first-order valence-electron chi connectivity index (χ1n) is 5.24. The third-order valence-corrected chi connectivity index (χ3v) is 1.89. The third kappa shape index (κ3) is 6.53. The Morgan fingerprint density at radius 1 is 1.25 bits per heavy atom. The van der Waals surface area contributed by atoms with Crippen LogP contribution in [0.15, 0.2) is 0 Å². The van der Waals surface area contributed by atoms with E-state index in [-0.39, 0.29) is 12.0 Å². The van der Waals surface area contributed by atoms with Gasteiger partial charge < -0.3 is 10.2 Å². The maximum Gasteiger partial charge on any atom is 0.405 e. The molecule has 0 radical (unpaired) electrons. The lowest BCUT2D eigenvalue weighted by molar-refractivity contribution is -0.123. The summed E-state index contributed by atoms with van der Waals surface area (Å²) in [6.07, 6.45) is -4.36. The Labute approximate surface area is 94.0 Å². The number of nitrogens with zero attached hydrogens (tertiary/aromatic N) is 1. The van der Waals surface area contributed by atoms with Crippen LogP contribution < -0.4 is 5.32 Å². The maximum atomic E-state index is 11.9. The van der Waals surface area contributed by atoms with Crippen molar-refractivity contribution in [2.75, 3.05) is 13.1 Å². The van der Waals surface area contributed by atoms with E-state index in [1.54, 1.807) is 13.8 Å². The number of rotatable bonds is 4. The fourth-order valence-corrected chi connectivity index (χ4v) is 1.20. The Bertz CT molecular complexity index is 227. The topological polar surface area (TPSA) is 32.3 Å². The van der Waals surface area contributed by atoms with Crippen LogP contribution >= 0.6 is 0 Å². The van der Waals surface area contributed by atoms with Crippen LogP contribution in [0.1, 0.15) is 27.7 Å². The van der Waals surface area contributed by atoms with Crippen molar-refractivity contribution < 1.29 is 18.0 Å². The van der Waals surface area contributed by atoms with E-state index in [4.69, 9.17) is 0 Å². The molecule has 0 aromatic rings. The largest absolute Gasteiger partial charge is 0.405 e. The number of nitrogens with one attached hydrogen (secondary N) is 1. The molecule has 96 valence electrons. The zero-order chi connectivity index (χ0) is 12.9. The van der Waals surface area contributed by atoms with Crippen molar-refractivity contribution in [3.8, 4) is 0 Å². The first kappa shape index (κ1) is 15.1. The van der Waals surface area contributed by atoms with Gasteiger partial charge in [0.2, 0.25) is 0 Å². The average molecular weight is 240 g/mol.